The number of piperidine rings is 1. The lowest BCUT2D eigenvalue weighted by Crippen LogP contribution is -2.60. The summed E-state index contributed by atoms with van der Waals surface area (Å²) < 4.78 is 0. The third-order valence-corrected chi connectivity index (χ3v) is 3.97. The van der Waals surface area contributed by atoms with Crippen molar-refractivity contribution in [1.82, 2.24) is 10.2 Å². The largest absolute Gasteiger partial charge is 0.365 e. The molecule has 2 atom stereocenters. The van der Waals surface area contributed by atoms with Crippen molar-refractivity contribution < 1.29 is 14.4 Å². The van der Waals surface area contributed by atoms with E-state index in [1.54, 1.807) is 6.07 Å². The Morgan fingerprint density at radius 1 is 1.24 bits per heavy atom. The van der Waals surface area contributed by atoms with E-state index >= 15 is 0 Å². The number of amides is 3. The molecule has 0 bridgehead atoms. The van der Waals surface area contributed by atoms with Gasteiger partial charge in [-0.15, -0.1) is 0 Å². The Morgan fingerprint density at radius 2 is 2.00 bits per heavy atom. The number of carbonyl (C=O) groups is 3. The van der Waals surface area contributed by atoms with Crippen LogP contribution < -0.4 is 10.6 Å². The van der Waals surface area contributed by atoms with Crippen LogP contribution in [0.15, 0.2) is 18.2 Å². The monoisotopic (exact) mass is 287 g/mol. The number of nitrogens with one attached hydrogen (secondary N) is 2. The Kier molecular flexibility index (Phi) is 3.16. The van der Waals surface area contributed by atoms with E-state index in [0.29, 0.717) is 12.0 Å². The molecule has 2 aliphatic rings. The molecule has 1 aromatic carbocycles. The van der Waals surface area contributed by atoms with Gasteiger partial charge in [0.05, 0.1) is 11.7 Å². The fourth-order valence-corrected chi connectivity index (χ4v) is 2.93. The topological polar surface area (TPSA) is 78.5 Å². The minimum Gasteiger partial charge on any atom is -0.365 e. The molecule has 0 aliphatic carbocycles. The van der Waals surface area contributed by atoms with Crippen LogP contribution in [-0.2, 0) is 9.59 Å². The number of aryl methyl sites for hydroxylation is 1. The number of carbonyl (C=O) groups excluding carboxylic acids is 3. The smallest absolute Gasteiger partial charge is 0.258 e. The number of hydrogen-bond acceptors (Lipinski definition) is 4. The van der Waals surface area contributed by atoms with Gasteiger partial charge in [0.2, 0.25) is 11.8 Å². The minimum absolute atomic E-state index is 0.175. The molecule has 6 heteroatoms. The van der Waals surface area contributed by atoms with E-state index in [1.165, 1.54) is 4.90 Å². The van der Waals surface area contributed by atoms with Gasteiger partial charge in [-0.25, -0.2) is 0 Å². The van der Waals surface area contributed by atoms with Gasteiger partial charge in [0.25, 0.3) is 5.91 Å². The molecule has 3 rings (SSSR count). The summed E-state index contributed by atoms with van der Waals surface area (Å²) in [6, 6.07) is 4.96. The summed E-state index contributed by atoms with van der Waals surface area (Å²) in [6.07, 6.45) is 0.327. The Bertz CT molecular complexity index is 641. The number of imide groups is 1. The van der Waals surface area contributed by atoms with Gasteiger partial charge in [0, 0.05) is 12.1 Å². The van der Waals surface area contributed by atoms with E-state index in [9.17, 15) is 14.4 Å². The highest BCUT2D eigenvalue weighted by atomic mass is 16.2. The molecule has 2 heterocycles. The Labute approximate surface area is 122 Å². The Hall–Kier alpha value is -2.37. The molecule has 1 aromatic rings. The molecular weight excluding hydrogens is 270 g/mol. The van der Waals surface area contributed by atoms with Crippen LogP contribution in [0.25, 0.3) is 0 Å². The SMILES string of the molecule is Cc1ccc2c(c1)NC(C)N(C1CCC(=O)NC1=O)C2=O. The first-order chi connectivity index (χ1) is 9.97. The molecule has 2 unspecified atom stereocenters. The van der Waals surface area contributed by atoms with Gasteiger partial charge in [0.15, 0.2) is 0 Å². The Morgan fingerprint density at radius 3 is 2.71 bits per heavy atom. The average molecular weight is 287 g/mol. The molecule has 2 aliphatic heterocycles. The molecule has 0 aromatic heterocycles. The zero-order valence-electron chi connectivity index (χ0n) is 12.0. The first-order valence-corrected chi connectivity index (χ1v) is 7.01. The van der Waals surface area contributed by atoms with Crippen LogP contribution in [-0.4, -0.2) is 34.8 Å². The number of benzene rings is 1. The average Bonchev–Trinajstić information content (AvgIpc) is 2.40. The van der Waals surface area contributed by atoms with Crippen molar-refractivity contribution in [2.75, 3.05) is 5.32 Å². The summed E-state index contributed by atoms with van der Waals surface area (Å²) in [7, 11) is 0. The molecule has 0 saturated carbocycles. The highest BCUT2D eigenvalue weighted by molar-refractivity contribution is 6.06. The predicted octanol–water partition coefficient (Wildman–Crippen LogP) is 1.01. The van der Waals surface area contributed by atoms with Crippen LogP contribution in [0.2, 0.25) is 0 Å². The number of anilines is 1. The lowest BCUT2D eigenvalue weighted by atomic mass is 9.99. The summed E-state index contributed by atoms with van der Waals surface area (Å²) in [4.78, 5) is 37.5. The van der Waals surface area contributed by atoms with Crippen molar-refractivity contribution in [3.63, 3.8) is 0 Å². The molecule has 1 fully saturated rings. The van der Waals surface area contributed by atoms with Crippen molar-refractivity contribution in [3.05, 3.63) is 29.3 Å². The maximum Gasteiger partial charge on any atom is 0.258 e. The summed E-state index contributed by atoms with van der Waals surface area (Å²) in [5, 5.41) is 5.55. The first kappa shape index (κ1) is 13.6. The van der Waals surface area contributed by atoms with E-state index in [0.717, 1.165) is 11.3 Å². The van der Waals surface area contributed by atoms with Gasteiger partial charge in [-0.05, 0) is 38.0 Å². The van der Waals surface area contributed by atoms with E-state index in [1.807, 2.05) is 26.0 Å². The second kappa shape index (κ2) is 4.87. The molecule has 1 saturated heterocycles. The van der Waals surface area contributed by atoms with Gasteiger partial charge in [-0.2, -0.15) is 0 Å². The molecule has 110 valence electrons. The first-order valence-electron chi connectivity index (χ1n) is 7.01. The minimum atomic E-state index is -0.604. The second-order valence-electron chi connectivity index (χ2n) is 5.55. The van der Waals surface area contributed by atoms with E-state index in [4.69, 9.17) is 0 Å². The van der Waals surface area contributed by atoms with Crippen molar-refractivity contribution in [1.29, 1.82) is 0 Å². The lowest BCUT2D eigenvalue weighted by molar-refractivity contribution is -0.137. The number of rotatable bonds is 1. The van der Waals surface area contributed by atoms with Crippen LogP contribution >= 0.6 is 0 Å². The molecule has 21 heavy (non-hydrogen) atoms. The molecule has 0 radical (unpaired) electrons. The fraction of sp³-hybridized carbons (Fsp3) is 0.400. The quantitative estimate of drug-likeness (QED) is 0.756. The third kappa shape index (κ3) is 2.26. The van der Waals surface area contributed by atoms with Crippen LogP contribution in [0.4, 0.5) is 5.69 Å². The maximum absolute atomic E-state index is 12.7. The molecule has 2 N–H and O–H groups in total. The van der Waals surface area contributed by atoms with Gasteiger partial charge in [-0.1, -0.05) is 6.07 Å². The highest BCUT2D eigenvalue weighted by Crippen LogP contribution is 2.29. The van der Waals surface area contributed by atoms with Crippen molar-refractivity contribution in [2.24, 2.45) is 0 Å². The van der Waals surface area contributed by atoms with Crippen LogP contribution in [0, 0.1) is 6.92 Å². The lowest BCUT2D eigenvalue weighted by Gasteiger charge is -2.41. The number of hydrogen-bond donors (Lipinski definition) is 2. The van der Waals surface area contributed by atoms with Gasteiger partial charge in [0.1, 0.15) is 6.04 Å². The van der Waals surface area contributed by atoms with E-state index in [2.05, 4.69) is 10.6 Å². The maximum atomic E-state index is 12.7. The highest BCUT2D eigenvalue weighted by Gasteiger charge is 2.40. The predicted molar refractivity (Wildman–Crippen MR) is 76.6 cm³/mol. The van der Waals surface area contributed by atoms with Gasteiger partial charge >= 0.3 is 0 Å². The standard InChI is InChI=1S/C15H17N3O3/c1-8-3-4-10-11(7-8)16-9(2)18(15(10)21)12-5-6-13(19)17-14(12)20/h3-4,7,9,12,16H,5-6H2,1-2H3,(H,17,19,20). The molecular formula is C15H17N3O3. The summed E-state index contributed by atoms with van der Waals surface area (Å²) in [5.41, 5.74) is 2.41. The van der Waals surface area contributed by atoms with Crippen molar-refractivity contribution in [2.45, 2.75) is 38.9 Å². The van der Waals surface area contributed by atoms with Crippen LogP contribution in [0.3, 0.4) is 0 Å². The zero-order chi connectivity index (χ0) is 15.1. The second-order valence-corrected chi connectivity index (χ2v) is 5.55. The number of nitrogens with zero attached hydrogens (tertiary/aromatic N) is 1. The molecule has 0 spiro atoms. The zero-order valence-corrected chi connectivity index (χ0v) is 12.0. The summed E-state index contributed by atoms with van der Waals surface area (Å²) in [6.45, 7) is 3.80. The number of fused-ring (bicyclic) bond motifs is 1. The molecule has 6 nitrogen and oxygen atoms in total. The third-order valence-electron chi connectivity index (χ3n) is 3.97. The van der Waals surface area contributed by atoms with Gasteiger partial charge < -0.3 is 10.2 Å². The normalized spacial score (nSPS) is 25.2. The van der Waals surface area contributed by atoms with Crippen molar-refractivity contribution >= 4 is 23.4 Å². The Balaban J connectivity index is 1.94. The fourth-order valence-electron chi connectivity index (χ4n) is 2.93. The van der Waals surface area contributed by atoms with E-state index < -0.39 is 11.9 Å². The van der Waals surface area contributed by atoms with Crippen molar-refractivity contribution in [3.8, 4) is 0 Å². The van der Waals surface area contributed by atoms with Crippen LogP contribution in [0.1, 0.15) is 35.7 Å². The van der Waals surface area contributed by atoms with Crippen LogP contribution in [0.5, 0.6) is 0 Å². The molecule has 3 amide bonds. The summed E-state index contributed by atoms with van der Waals surface area (Å²) in [5.74, 6) is -0.855. The summed E-state index contributed by atoms with van der Waals surface area (Å²) >= 11 is 0. The van der Waals surface area contributed by atoms with Gasteiger partial charge in [-0.3, -0.25) is 19.7 Å². The van der Waals surface area contributed by atoms with E-state index in [-0.39, 0.29) is 24.4 Å².